The lowest BCUT2D eigenvalue weighted by atomic mass is 10.1. The number of hydrogen-bond donors (Lipinski definition) is 0. The molecule has 0 spiro atoms. The molecule has 2 aromatic rings. The van der Waals surface area contributed by atoms with Crippen molar-refractivity contribution < 1.29 is 13.6 Å². The van der Waals surface area contributed by atoms with Gasteiger partial charge >= 0.3 is 0 Å². The Labute approximate surface area is 162 Å². The molecule has 1 unspecified atom stereocenters. The molecular formula is C20H30FN3O2Si. The van der Waals surface area contributed by atoms with Crippen LogP contribution in [0.4, 0.5) is 4.39 Å². The zero-order chi connectivity index (χ0) is 19.7. The van der Waals surface area contributed by atoms with Crippen LogP contribution < -0.4 is 4.74 Å². The number of benzene rings is 1. The average molecular weight is 392 g/mol. The molecule has 1 atom stereocenters. The summed E-state index contributed by atoms with van der Waals surface area (Å²) >= 11 is 0. The molecule has 0 bridgehead atoms. The molecule has 3 rings (SSSR count). The van der Waals surface area contributed by atoms with Crippen LogP contribution in [0.2, 0.25) is 18.1 Å². The van der Waals surface area contributed by atoms with Gasteiger partial charge in [0.2, 0.25) is 0 Å². The maximum Gasteiger partial charge on any atom is 0.191 e. The van der Waals surface area contributed by atoms with Gasteiger partial charge in [-0.05, 0) is 54.1 Å². The second-order valence-corrected chi connectivity index (χ2v) is 13.7. The maximum absolute atomic E-state index is 14.5. The van der Waals surface area contributed by atoms with Crippen LogP contribution >= 0.6 is 0 Å². The first-order chi connectivity index (χ1) is 12.7. The quantitative estimate of drug-likeness (QED) is 0.663. The second kappa shape index (κ2) is 7.71. The van der Waals surface area contributed by atoms with Crippen molar-refractivity contribution in [3.05, 3.63) is 41.5 Å². The second-order valence-electron chi connectivity index (χ2n) is 8.86. The predicted octanol–water partition coefficient (Wildman–Crippen LogP) is 4.23. The highest BCUT2D eigenvalue weighted by molar-refractivity contribution is 6.74. The summed E-state index contributed by atoms with van der Waals surface area (Å²) < 4.78 is 26.6. The lowest BCUT2D eigenvalue weighted by Gasteiger charge is -2.37. The summed E-state index contributed by atoms with van der Waals surface area (Å²) in [6, 6.07) is 3.47. The minimum absolute atomic E-state index is 0.172. The third-order valence-electron chi connectivity index (χ3n) is 5.78. The number of hydrogen-bond acceptors (Lipinski definition) is 4. The van der Waals surface area contributed by atoms with Crippen LogP contribution in [-0.2, 0) is 23.8 Å². The first kappa shape index (κ1) is 20.0. The maximum atomic E-state index is 14.5. The predicted molar refractivity (Wildman–Crippen MR) is 106 cm³/mol. The van der Waals surface area contributed by atoms with Crippen molar-refractivity contribution in [1.29, 1.82) is 0 Å². The van der Waals surface area contributed by atoms with Gasteiger partial charge in [0, 0.05) is 12.7 Å². The summed E-state index contributed by atoms with van der Waals surface area (Å²) in [6.45, 7) is 12.9. The van der Waals surface area contributed by atoms with Crippen molar-refractivity contribution in [3.8, 4) is 5.75 Å². The largest absolute Gasteiger partial charge is 0.491 e. The minimum atomic E-state index is -1.78. The van der Waals surface area contributed by atoms with E-state index < -0.39 is 8.32 Å². The van der Waals surface area contributed by atoms with E-state index in [0.717, 1.165) is 24.0 Å². The van der Waals surface area contributed by atoms with Crippen molar-refractivity contribution in [3.63, 3.8) is 0 Å². The Bertz CT molecular complexity index is 772. The summed E-state index contributed by atoms with van der Waals surface area (Å²) in [7, 11) is -1.78. The van der Waals surface area contributed by atoms with Crippen LogP contribution in [0.15, 0.2) is 24.5 Å². The molecule has 148 valence electrons. The van der Waals surface area contributed by atoms with Gasteiger partial charge in [0.15, 0.2) is 8.32 Å². The molecule has 0 saturated carbocycles. The number of fused-ring (bicyclic) bond motifs is 1. The molecular weight excluding hydrogens is 361 g/mol. The van der Waals surface area contributed by atoms with Crippen LogP contribution in [0.25, 0.3) is 0 Å². The van der Waals surface area contributed by atoms with Crippen LogP contribution in [-0.4, -0.2) is 36.5 Å². The zero-order valence-electron chi connectivity index (χ0n) is 17.0. The van der Waals surface area contributed by atoms with E-state index in [-0.39, 0.29) is 10.9 Å². The molecule has 0 aliphatic heterocycles. The molecule has 5 nitrogen and oxygen atoms in total. The molecule has 1 aromatic carbocycles. The molecule has 0 N–H and O–H groups in total. The highest BCUT2D eigenvalue weighted by atomic mass is 28.4. The fourth-order valence-electron chi connectivity index (χ4n) is 3.10. The highest BCUT2D eigenvalue weighted by Gasteiger charge is 2.38. The molecule has 0 fully saturated rings. The molecule has 1 aliphatic rings. The number of halogens is 1. The molecule has 1 aromatic heterocycles. The monoisotopic (exact) mass is 391 g/mol. The number of ether oxygens (including phenoxy) is 1. The van der Waals surface area contributed by atoms with E-state index >= 15 is 0 Å². The van der Waals surface area contributed by atoms with Crippen molar-refractivity contribution in [2.24, 2.45) is 5.92 Å². The van der Waals surface area contributed by atoms with E-state index in [0.29, 0.717) is 31.4 Å². The van der Waals surface area contributed by atoms with Crippen molar-refractivity contribution >= 4 is 8.32 Å². The Morgan fingerprint density at radius 3 is 2.56 bits per heavy atom. The van der Waals surface area contributed by atoms with E-state index in [2.05, 4.69) is 44.1 Å². The number of aromatic nitrogens is 3. The Hall–Kier alpha value is -1.73. The van der Waals surface area contributed by atoms with Gasteiger partial charge < -0.3 is 9.16 Å². The topological polar surface area (TPSA) is 49.2 Å². The Morgan fingerprint density at radius 2 is 1.89 bits per heavy atom. The fourth-order valence-corrected chi connectivity index (χ4v) is 4.18. The molecule has 27 heavy (non-hydrogen) atoms. The summed E-state index contributed by atoms with van der Waals surface area (Å²) in [5.74, 6) is 0.742. The normalized spacial score (nSPS) is 17.2. The van der Waals surface area contributed by atoms with Crippen molar-refractivity contribution in [2.45, 2.75) is 58.3 Å². The lowest BCUT2D eigenvalue weighted by molar-refractivity contribution is 0.232. The first-order valence-electron chi connectivity index (χ1n) is 9.58. The summed E-state index contributed by atoms with van der Waals surface area (Å²) in [5, 5.41) is 8.25. The third-order valence-corrected chi connectivity index (χ3v) is 10.3. The zero-order valence-corrected chi connectivity index (χ0v) is 18.0. The molecule has 0 saturated heterocycles. The van der Waals surface area contributed by atoms with E-state index in [1.54, 1.807) is 17.2 Å². The summed E-state index contributed by atoms with van der Waals surface area (Å²) in [5.41, 5.74) is 1.87. The smallest absolute Gasteiger partial charge is 0.191 e. The van der Waals surface area contributed by atoms with Gasteiger partial charge in [-0.3, -0.25) is 0 Å². The van der Waals surface area contributed by atoms with E-state index in [9.17, 15) is 4.39 Å². The standard InChI is InChI=1S/C20H30FN3O2Si/c1-20(2,3)27(4,5)26-14-15-10-16-12-17(13-19(21)18(16)11-15)25-9-8-24-22-6-7-23-24/h6-7,12-13,15H,8-11,14H2,1-5H3. The van der Waals surface area contributed by atoms with Crippen LogP contribution in [0.5, 0.6) is 5.75 Å². The van der Waals surface area contributed by atoms with E-state index in [1.165, 1.54) is 6.07 Å². The van der Waals surface area contributed by atoms with Crippen LogP contribution in [0, 0.1) is 11.7 Å². The Morgan fingerprint density at radius 1 is 1.19 bits per heavy atom. The molecule has 0 radical (unpaired) electrons. The van der Waals surface area contributed by atoms with Gasteiger partial charge in [0.25, 0.3) is 0 Å². The van der Waals surface area contributed by atoms with E-state index in [1.807, 2.05) is 6.07 Å². The molecule has 1 heterocycles. The summed E-state index contributed by atoms with van der Waals surface area (Å²) in [4.78, 5) is 1.55. The van der Waals surface area contributed by atoms with E-state index in [4.69, 9.17) is 9.16 Å². The Kier molecular flexibility index (Phi) is 5.72. The SMILES string of the molecule is CC(C)(C)[Si](C)(C)OCC1Cc2cc(OCCn3nccn3)cc(F)c2C1. The highest BCUT2D eigenvalue weighted by Crippen LogP contribution is 2.38. The van der Waals surface area contributed by atoms with Gasteiger partial charge in [-0.15, -0.1) is 0 Å². The lowest BCUT2D eigenvalue weighted by Crippen LogP contribution is -2.42. The van der Waals surface area contributed by atoms with Gasteiger partial charge in [-0.2, -0.15) is 15.0 Å². The molecule has 7 heteroatoms. The summed E-state index contributed by atoms with van der Waals surface area (Å²) in [6.07, 6.45) is 4.84. The number of nitrogens with zero attached hydrogens (tertiary/aromatic N) is 3. The third kappa shape index (κ3) is 4.76. The first-order valence-corrected chi connectivity index (χ1v) is 12.5. The minimum Gasteiger partial charge on any atom is -0.491 e. The molecule has 0 amide bonds. The fraction of sp³-hybridized carbons (Fsp3) is 0.600. The van der Waals surface area contributed by atoms with Gasteiger partial charge in [0.05, 0.1) is 18.9 Å². The van der Waals surface area contributed by atoms with Crippen molar-refractivity contribution in [1.82, 2.24) is 15.0 Å². The van der Waals surface area contributed by atoms with Crippen LogP contribution in [0.3, 0.4) is 0 Å². The average Bonchev–Trinajstić information content (AvgIpc) is 3.21. The number of rotatable bonds is 7. The Balaban J connectivity index is 1.57. The van der Waals surface area contributed by atoms with Gasteiger partial charge in [-0.25, -0.2) is 4.39 Å². The van der Waals surface area contributed by atoms with Gasteiger partial charge in [-0.1, -0.05) is 20.8 Å². The molecule has 1 aliphatic carbocycles. The van der Waals surface area contributed by atoms with Gasteiger partial charge in [0.1, 0.15) is 18.2 Å². The van der Waals surface area contributed by atoms with Crippen molar-refractivity contribution in [2.75, 3.05) is 13.2 Å². The van der Waals surface area contributed by atoms with Crippen LogP contribution in [0.1, 0.15) is 31.9 Å².